The number of aliphatic imine (C=N–C) groups is 1. The predicted molar refractivity (Wildman–Crippen MR) is 139 cm³/mol. The van der Waals surface area contributed by atoms with E-state index in [4.69, 9.17) is 18.9 Å². The summed E-state index contributed by atoms with van der Waals surface area (Å²) in [7, 11) is 6.11. The average molecular weight is 496 g/mol. The third-order valence-electron chi connectivity index (χ3n) is 5.74. The zero-order chi connectivity index (χ0) is 26.2. The number of benzene rings is 2. The van der Waals surface area contributed by atoms with Crippen molar-refractivity contribution in [3.05, 3.63) is 58.9 Å². The van der Waals surface area contributed by atoms with Gasteiger partial charge in [-0.05, 0) is 57.2 Å². The number of nitrogens with one attached hydrogen (secondary N) is 2. The molecule has 10 heteroatoms. The van der Waals surface area contributed by atoms with Crippen molar-refractivity contribution in [2.45, 2.75) is 33.9 Å². The molecule has 0 unspecified atom stereocenters. The third kappa shape index (κ3) is 5.88. The fourth-order valence-electron chi connectivity index (χ4n) is 3.74. The number of aromatic nitrogens is 2. The van der Waals surface area contributed by atoms with Crippen molar-refractivity contribution >= 4 is 17.6 Å². The zero-order valence-corrected chi connectivity index (χ0v) is 21.8. The molecule has 0 spiro atoms. The van der Waals surface area contributed by atoms with Crippen LogP contribution in [0, 0.1) is 13.8 Å². The van der Waals surface area contributed by atoms with Crippen molar-refractivity contribution in [2.75, 3.05) is 33.8 Å². The second-order valence-corrected chi connectivity index (χ2v) is 7.85. The van der Waals surface area contributed by atoms with Gasteiger partial charge < -0.3 is 24.3 Å². The van der Waals surface area contributed by atoms with Crippen LogP contribution in [0.4, 0.5) is 5.69 Å². The molecular weight excluding hydrogens is 462 g/mol. The molecule has 3 aromatic rings. The van der Waals surface area contributed by atoms with E-state index in [1.165, 1.54) is 21.3 Å². The number of rotatable bonds is 9. The minimum atomic E-state index is -0.397. The van der Waals surface area contributed by atoms with Crippen molar-refractivity contribution in [3.63, 3.8) is 0 Å². The number of nitrogens with zero attached hydrogens (tertiary/aromatic N) is 3. The van der Waals surface area contributed by atoms with E-state index < -0.39 is 5.91 Å². The van der Waals surface area contributed by atoms with Crippen LogP contribution >= 0.6 is 0 Å². The molecule has 0 fully saturated rings. The van der Waals surface area contributed by atoms with Gasteiger partial charge in [0, 0.05) is 29.1 Å². The number of hydrogen-bond donors (Lipinski definition) is 2. The molecule has 0 saturated heterocycles. The molecule has 1 amide bonds. The maximum Gasteiger partial charge on any atom is 0.258 e. The van der Waals surface area contributed by atoms with Gasteiger partial charge in [-0.3, -0.25) is 14.8 Å². The fourth-order valence-corrected chi connectivity index (χ4v) is 3.74. The van der Waals surface area contributed by atoms with Gasteiger partial charge in [-0.15, -0.1) is 0 Å². The highest BCUT2D eigenvalue weighted by atomic mass is 16.5. The number of amides is 1. The molecule has 192 valence electrons. The highest BCUT2D eigenvalue weighted by Crippen LogP contribution is 2.38. The van der Waals surface area contributed by atoms with Gasteiger partial charge in [0.05, 0.1) is 40.7 Å². The Morgan fingerprint density at radius 3 is 2.11 bits per heavy atom. The molecule has 0 aliphatic carbocycles. The topological polar surface area (TPSA) is 108 Å². The van der Waals surface area contributed by atoms with Crippen LogP contribution in [0.1, 0.15) is 34.2 Å². The Balaban J connectivity index is 1.93. The normalized spacial score (nSPS) is 11.1. The number of carbonyl (C=O) groups is 1. The minimum Gasteiger partial charge on any atom is -0.497 e. The largest absolute Gasteiger partial charge is 0.497 e. The van der Waals surface area contributed by atoms with E-state index in [1.807, 2.05) is 49.7 Å². The molecule has 0 aliphatic rings. The van der Waals surface area contributed by atoms with E-state index >= 15 is 0 Å². The van der Waals surface area contributed by atoms with E-state index in [0.717, 1.165) is 34.9 Å². The van der Waals surface area contributed by atoms with Gasteiger partial charge in [-0.1, -0.05) is 0 Å². The number of ether oxygens (including phenoxy) is 4. The molecule has 3 rings (SSSR count). The SMILES string of the molecule is CCn1nc(C)c(CN=C(NC(=O)c2cc(OC)c(OC)c(OC)c2)Nc2ccc(OC)cc2)c1C. The lowest BCUT2D eigenvalue weighted by Gasteiger charge is -2.15. The van der Waals surface area contributed by atoms with E-state index in [1.54, 1.807) is 19.2 Å². The summed E-state index contributed by atoms with van der Waals surface area (Å²) in [6.45, 7) is 7.12. The monoisotopic (exact) mass is 495 g/mol. The summed E-state index contributed by atoms with van der Waals surface area (Å²) in [4.78, 5) is 17.9. The lowest BCUT2D eigenvalue weighted by molar-refractivity contribution is 0.0976. The molecule has 1 aromatic heterocycles. The Morgan fingerprint density at radius 1 is 0.972 bits per heavy atom. The van der Waals surface area contributed by atoms with Gasteiger partial charge in [0.2, 0.25) is 11.7 Å². The number of carbonyl (C=O) groups excluding carboxylic acids is 1. The molecule has 1 heterocycles. The first-order chi connectivity index (χ1) is 17.3. The molecule has 0 bridgehead atoms. The molecule has 0 atom stereocenters. The van der Waals surface area contributed by atoms with Crippen molar-refractivity contribution in [1.29, 1.82) is 0 Å². The van der Waals surface area contributed by atoms with Crippen molar-refractivity contribution in [1.82, 2.24) is 15.1 Å². The molecule has 0 saturated carbocycles. The Hall–Kier alpha value is -4.21. The molecule has 0 aliphatic heterocycles. The van der Waals surface area contributed by atoms with Crippen LogP contribution in [0.3, 0.4) is 0 Å². The van der Waals surface area contributed by atoms with Crippen molar-refractivity contribution in [3.8, 4) is 23.0 Å². The number of hydrogen-bond acceptors (Lipinski definition) is 7. The second-order valence-electron chi connectivity index (χ2n) is 7.85. The predicted octanol–water partition coefficient (Wildman–Crippen LogP) is 3.95. The molecule has 0 radical (unpaired) electrons. The van der Waals surface area contributed by atoms with Crippen LogP contribution in [-0.2, 0) is 13.1 Å². The Kier molecular flexibility index (Phi) is 8.77. The smallest absolute Gasteiger partial charge is 0.258 e. The Morgan fingerprint density at radius 2 is 1.61 bits per heavy atom. The zero-order valence-electron chi connectivity index (χ0n) is 21.8. The van der Waals surface area contributed by atoms with Crippen LogP contribution in [0.25, 0.3) is 0 Å². The van der Waals surface area contributed by atoms with E-state index in [2.05, 4.69) is 20.7 Å². The molecular formula is C26H33N5O5. The summed E-state index contributed by atoms with van der Waals surface area (Å²) in [6, 6.07) is 10.5. The van der Waals surface area contributed by atoms with E-state index in [9.17, 15) is 4.79 Å². The van der Waals surface area contributed by atoms with Crippen LogP contribution in [0.5, 0.6) is 23.0 Å². The van der Waals surface area contributed by atoms with Gasteiger partial charge >= 0.3 is 0 Å². The summed E-state index contributed by atoms with van der Waals surface area (Å²) in [5.41, 5.74) is 4.00. The number of aryl methyl sites for hydroxylation is 2. The number of methoxy groups -OCH3 is 4. The first kappa shape index (κ1) is 26.4. The maximum absolute atomic E-state index is 13.3. The van der Waals surface area contributed by atoms with Gasteiger partial charge in [-0.25, -0.2) is 4.99 Å². The molecule has 10 nitrogen and oxygen atoms in total. The maximum atomic E-state index is 13.3. The minimum absolute atomic E-state index is 0.280. The van der Waals surface area contributed by atoms with Gasteiger partial charge in [0.25, 0.3) is 5.91 Å². The standard InChI is InChI=1S/C26H33N5O5/c1-8-31-17(3)21(16(2)30-31)15-27-26(28-19-9-11-20(33-4)12-10-19)29-25(32)18-13-22(34-5)24(36-7)23(14-18)35-6/h9-14H,8,15H2,1-7H3,(H2,27,28,29,32). The summed E-state index contributed by atoms with van der Waals surface area (Å²) in [5.74, 6) is 1.76. The Bertz CT molecular complexity index is 1210. The number of anilines is 1. The molecule has 2 N–H and O–H groups in total. The van der Waals surface area contributed by atoms with Gasteiger partial charge in [-0.2, -0.15) is 5.10 Å². The van der Waals surface area contributed by atoms with Gasteiger partial charge in [0.1, 0.15) is 5.75 Å². The van der Waals surface area contributed by atoms with Crippen LogP contribution < -0.4 is 29.6 Å². The van der Waals surface area contributed by atoms with Crippen LogP contribution in [-0.4, -0.2) is 50.1 Å². The highest BCUT2D eigenvalue weighted by Gasteiger charge is 2.18. The first-order valence-corrected chi connectivity index (χ1v) is 11.4. The molecule has 2 aromatic carbocycles. The lowest BCUT2D eigenvalue weighted by atomic mass is 10.1. The quantitative estimate of drug-likeness (QED) is 0.342. The fraction of sp³-hybridized carbons (Fsp3) is 0.346. The van der Waals surface area contributed by atoms with E-state index in [0.29, 0.717) is 29.4 Å². The van der Waals surface area contributed by atoms with Crippen molar-refractivity contribution < 1.29 is 23.7 Å². The molecule has 36 heavy (non-hydrogen) atoms. The highest BCUT2D eigenvalue weighted by molar-refractivity contribution is 6.10. The average Bonchev–Trinajstić information content (AvgIpc) is 3.18. The first-order valence-electron chi connectivity index (χ1n) is 11.4. The Labute approximate surface area is 211 Å². The van der Waals surface area contributed by atoms with Crippen LogP contribution in [0.15, 0.2) is 41.4 Å². The lowest BCUT2D eigenvalue weighted by Crippen LogP contribution is -2.36. The second kappa shape index (κ2) is 12.0. The van der Waals surface area contributed by atoms with Gasteiger partial charge in [0.15, 0.2) is 11.5 Å². The summed E-state index contributed by atoms with van der Waals surface area (Å²) in [6.07, 6.45) is 0. The van der Waals surface area contributed by atoms with Crippen molar-refractivity contribution in [2.24, 2.45) is 4.99 Å². The summed E-state index contributed by atoms with van der Waals surface area (Å²) >= 11 is 0. The number of guanidine groups is 1. The summed E-state index contributed by atoms with van der Waals surface area (Å²) < 4.78 is 23.3. The third-order valence-corrected chi connectivity index (χ3v) is 5.74. The van der Waals surface area contributed by atoms with E-state index in [-0.39, 0.29) is 5.96 Å². The summed E-state index contributed by atoms with van der Waals surface area (Å²) in [5, 5.41) is 10.6. The van der Waals surface area contributed by atoms with Crippen LogP contribution in [0.2, 0.25) is 0 Å².